The first kappa shape index (κ1) is 22.0. The van der Waals surface area contributed by atoms with Crippen molar-refractivity contribution in [2.24, 2.45) is 17.3 Å². The number of ether oxygens (including phenoxy) is 3. The van der Waals surface area contributed by atoms with Crippen molar-refractivity contribution in [2.75, 3.05) is 13.2 Å². The normalized spacial score (nSPS) is 34.6. The number of hydrogen-bond donors (Lipinski definition) is 1. The van der Waals surface area contributed by atoms with Crippen molar-refractivity contribution in [3.05, 3.63) is 0 Å². The van der Waals surface area contributed by atoms with Gasteiger partial charge in [-0.2, -0.15) is 8.78 Å². The quantitative estimate of drug-likeness (QED) is 0.480. The Morgan fingerprint density at radius 2 is 2.04 bits per heavy atom. The smallest absolute Gasteiger partial charge is 0.353 e. The summed E-state index contributed by atoms with van der Waals surface area (Å²) < 4.78 is 40.4. The lowest BCUT2D eigenvalue weighted by atomic mass is 9.55. The molecule has 0 aromatic rings. The summed E-state index contributed by atoms with van der Waals surface area (Å²) in [6.45, 7) is 3.59. The Hall–Kier alpha value is -1.28. The summed E-state index contributed by atoms with van der Waals surface area (Å²) in [6.07, 6.45) is -0.497. The van der Waals surface area contributed by atoms with Gasteiger partial charge in [-0.3, -0.25) is 9.59 Å². The van der Waals surface area contributed by atoms with Crippen LogP contribution in [0.15, 0.2) is 0 Å². The van der Waals surface area contributed by atoms with Crippen molar-refractivity contribution in [2.45, 2.75) is 77.1 Å². The Morgan fingerprint density at radius 3 is 2.63 bits per heavy atom. The highest BCUT2D eigenvalue weighted by Gasteiger charge is 2.55. The van der Waals surface area contributed by atoms with Gasteiger partial charge in [0.2, 0.25) is 0 Å². The molecule has 2 aliphatic rings. The average Bonchev–Trinajstić information content (AvgIpc) is 2.54. The number of alkyl halides is 2. The van der Waals surface area contributed by atoms with Gasteiger partial charge < -0.3 is 19.3 Å². The lowest BCUT2D eigenvalue weighted by Crippen LogP contribution is -2.52. The lowest BCUT2D eigenvalue weighted by molar-refractivity contribution is -0.242. The molecule has 0 heterocycles. The molecule has 1 N–H and O–H groups in total. The average molecular weight is 392 g/mol. The zero-order chi connectivity index (χ0) is 20.3. The molecule has 8 heteroatoms. The summed E-state index contributed by atoms with van der Waals surface area (Å²) >= 11 is 0. The summed E-state index contributed by atoms with van der Waals surface area (Å²) in [7, 11) is 0. The van der Waals surface area contributed by atoms with Crippen molar-refractivity contribution >= 4 is 12.4 Å². The van der Waals surface area contributed by atoms with Crippen molar-refractivity contribution in [1.29, 1.82) is 0 Å². The minimum atomic E-state index is -3.39. The summed E-state index contributed by atoms with van der Waals surface area (Å²) in [5.74, 6) is 0.0438. The maximum atomic E-state index is 13.1. The van der Waals surface area contributed by atoms with E-state index in [1.165, 1.54) is 0 Å². The van der Waals surface area contributed by atoms with E-state index in [1.807, 2.05) is 0 Å². The molecule has 0 amide bonds. The minimum absolute atomic E-state index is 0.165. The predicted molar refractivity (Wildman–Crippen MR) is 91.9 cm³/mol. The fourth-order valence-electron chi connectivity index (χ4n) is 4.88. The Balaban J connectivity index is 2.13. The van der Waals surface area contributed by atoms with Crippen LogP contribution in [0.25, 0.3) is 0 Å². The zero-order valence-corrected chi connectivity index (χ0v) is 16.2. The molecule has 6 nitrogen and oxygen atoms in total. The van der Waals surface area contributed by atoms with Gasteiger partial charge in [-0.05, 0) is 50.9 Å². The number of fused-ring (bicyclic) bond motifs is 2. The van der Waals surface area contributed by atoms with Gasteiger partial charge in [0, 0.05) is 6.92 Å². The number of carbonyl (C=O) groups excluding carboxylic acids is 2. The third kappa shape index (κ3) is 6.10. The van der Waals surface area contributed by atoms with Gasteiger partial charge in [-0.1, -0.05) is 13.3 Å². The van der Waals surface area contributed by atoms with Gasteiger partial charge >= 0.3 is 12.1 Å². The molecule has 2 bridgehead atoms. The van der Waals surface area contributed by atoms with E-state index in [0.29, 0.717) is 32.1 Å². The van der Waals surface area contributed by atoms with Crippen LogP contribution in [-0.2, 0) is 23.8 Å². The minimum Gasteiger partial charge on any atom is -0.464 e. The molecule has 156 valence electrons. The monoisotopic (exact) mass is 392 g/mol. The van der Waals surface area contributed by atoms with Crippen LogP contribution < -0.4 is 0 Å². The first-order valence-electron chi connectivity index (χ1n) is 9.49. The number of aliphatic hydroxyl groups is 1. The van der Waals surface area contributed by atoms with Crippen LogP contribution in [-0.4, -0.2) is 48.6 Å². The predicted octanol–water partition coefficient (Wildman–Crippen LogP) is 3.06. The molecule has 2 rings (SSSR count). The van der Waals surface area contributed by atoms with Crippen LogP contribution in [0.4, 0.5) is 8.78 Å². The van der Waals surface area contributed by atoms with Crippen LogP contribution in [0.1, 0.15) is 59.3 Å². The van der Waals surface area contributed by atoms with Gasteiger partial charge in [-0.15, -0.1) is 0 Å². The molecule has 0 aromatic heterocycles. The molecule has 2 fully saturated rings. The molecule has 27 heavy (non-hydrogen) atoms. The van der Waals surface area contributed by atoms with Crippen molar-refractivity contribution in [3.63, 3.8) is 0 Å². The standard InChI is InChI=1S/C19H30F2O6/c1-4-13-5-14-6-17(2,24)11-19(7-13,8-14)16(23)27-15(9-25-12-22)10-26-18(3,20)21/h12-15,24H,4-11H2,1-3H3. The zero-order valence-electron chi connectivity index (χ0n) is 16.2. The van der Waals surface area contributed by atoms with E-state index in [2.05, 4.69) is 16.4 Å². The van der Waals surface area contributed by atoms with Gasteiger partial charge in [0.15, 0.2) is 6.10 Å². The van der Waals surface area contributed by atoms with Crippen LogP contribution in [0.2, 0.25) is 0 Å². The van der Waals surface area contributed by atoms with E-state index in [0.717, 1.165) is 12.8 Å². The summed E-state index contributed by atoms with van der Waals surface area (Å²) in [6, 6.07) is 0. The van der Waals surface area contributed by atoms with Crippen LogP contribution in [0.3, 0.4) is 0 Å². The first-order chi connectivity index (χ1) is 12.5. The van der Waals surface area contributed by atoms with Crippen molar-refractivity contribution in [1.82, 2.24) is 0 Å². The molecule has 5 atom stereocenters. The van der Waals surface area contributed by atoms with Crippen LogP contribution in [0, 0.1) is 17.3 Å². The Bertz CT molecular complexity index is 533. The molecule has 0 aliphatic heterocycles. The first-order valence-corrected chi connectivity index (χ1v) is 9.49. The van der Waals surface area contributed by atoms with Crippen LogP contribution >= 0.6 is 0 Å². The summed E-state index contributed by atoms with van der Waals surface area (Å²) in [5.41, 5.74) is -1.82. The maximum Gasteiger partial charge on any atom is 0.353 e. The Kier molecular flexibility index (Phi) is 6.84. The van der Waals surface area contributed by atoms with E-state index in [9.17, 15) is 23.5 Å². The second kappa shape index (κ2) is 8.39. The Labute approximate surface area is 158 Å². The third-order valence-corrected chi connectivity index (χ3v) is 5.63. The molecule has 2 aliphatic carbocycles. The fourth-order valence-corrected chi connectivity index (χ4v) is 4.88. The Morgan fingerprint density at radius 1 is 1.33 bits per heavy atom. The summed E-state index contributed by atoms with van der Waals surface area (Å²) in [4.78, 5) is 23.5. The molecule has 2 saturated carbocycles. The lowest BCUT2D eigenvalue weighted by Gasteiger charge is -2.51. The second-order valence-electron chi connectivity index (χ2n) is 8.52. The third-order valence-electron chi connectivity index (χ3n) is 5.63. The number of hydrogen-bond acceptors (Lipinski definition) is 6. The second-order valence-corrected chi connectivity index (χ2v) is 8.52. The van der Waals surface area contributed by atoms with Gasteiger partial charge in [0.05, 0.1) is 17.6 Å². The molecule has 0 radical (unpaired) electrons. The highest BCUT2D eigenvalue weighted by molar-refractivity contribution is 5.77. The molecule has 0 aromatic carbocycles. The van der Waals surface area contributed by atoms with E-state index < -0.39 is 35.8 Å². The molecule has 5 unspecified atom stereocenters. The van der Waals surface area contributed by atoms with E-state index in [4.69, 9.17) is 4.74 Å². The molecule has 0 spiro atoms. The number of esters is 1. The topological polar surface area (TPSA) is 82.1 Å². The molecular weight excluding hydrogens is 362 g/mol. The highest BCUT2D eigenvalue weighted by atomic mass is 19.3. The number of halogens is 2. The fraction of sp³-hybridized carbons (Fsp3) is 0.895. The van der Waals surface area contributed by atoms with E-state index >= 15 is 0 Å². The van der Waals surface area contributed by atoms with E-state index in [1.54, 1.807) is 6.92 Å². The SMILES string of the molecule is CCC1CC2CC(C)(O)CC(C(=O)OC(COC=O)COC(C)(F)F)(C1)C2. The van der Waals surface area contributed by atoms with Gasteiger partial charge in [0.1, 0.15) is 6.61 Å². The largest absolute Gasteiger partial charge is 0.464 e. The van der Waals surface area contributed by atoms with Crippen molar-refractivity contribution < 1.29 is 37.7 Å². The van der Waals surface area contributed by atoms with Gasteiger partial charge in [0.25, 0.3) is 6.47 Å². The highest BCUT2D eigenvalue weighted by Crippen LogP contribution is 2.55. The molecule has 0 saturated heterocycles. The number of carbonyl (C=O) groups is 2. The summed E-state index contributed by atoms with van der Waals surface area (Å²) in [5, 5.41) is 10.6. The van der Waals surface area contributed by atoms with Crippen molar-refractivity contribution in [3.8, 4) is 0 Å². The maximum absolute atomic E-state index is 13.1. The van der Waals surface area contributed by atoms with Gasteiger partial charge in [-0.25, -0.2) is 0 Å². The van der Waals surface area contributed by atoms with E-state index in [-0.39, 0.29) is 25.4 Å². The van der Waals surface area contributed by atoms with Crippen LogP contribution in [0.5, 0.6) is 0 Å². The number of rotatable bonds is 9. The molecular formula is C19H30F2O6.